The number of aromatic nitrogens is 6. The number of carbonyl (C=O) groups is 1. The Labute approximate surface area is 219 Å². The number of piperazine rings is 1. The molecule has 0 saturated carbocycles. The van der Waals surface area contributed by atoms with Gasteiger partial charge in [0.25, 0.3) is 0 Å². The zero-order chi connectivity index (χ0) is 25.9. The number of aromatic amines is 1. The Morgan fingerprint density at radius 2 is 1.82 bits per heavy atom. The van der Waals surface area contributed by atoms with Crippen molar-refractivity contribution in [3.8, 4) is 22.6 Å². The fourth-order valence-corrected chi connectivity index (χ4v) is 4.64. The average Bonchev–Trinajstić information content (AvgIpc) is 3.59. The lowest BCUT2D eigenvalue weighted by Gasteiger charge is -2.33. The number of hydrogen-bond acceptors (Lipinski definition) is 7. The van der Waals surface area contributed by atoms with E-state index in [1.54, 1.807) is 9.42 Å². The summed E-state index contributed by atoms with van der Waals surface area (Å²) in [5.74, 6) is 0.845. The van der Waals surface area contributed by atoms with Gasteiger partial charge in [0.2, 0.25) is 0 Å². The van der Waals surface area contributed by atoms with Crippen molar-refractivity contribution in [1.82, 2.24) is 39.3 Å². The second kappa shape index (κ2) is 10.4. The fraction of sp³-hybridized carbons (Fsp3) is 0.250. The molecular weight excluding hydrogens is 480 g/mol. The van der Waals surface area contributed by atoms with E-state index in [0.29, 0.717) is 19.6 Å². The maximum absolute atomic E-state index is 12.5. The maximum atomic E-state index is 12.5. The van der Waals surface area contributed by atoms with Crippen LogP contribution in [0.5, 0.6) is 0 Å². The van der Waals surface area contributed by atoms with Gasteiger partial charge in [0.1, 0.15) is 18.8 Å². The normalized spacial score (nSPS) is 14.2. The molecule has 1 amide bonds. The Balaban J connectivity index is 1.16. The summed E-state index contributed by atoms with van der Waals surface area (Å²) in [6.07, 6.45) is 3.20. The first-order valence-corrected chi connectivity index (χ1v) is 12.6. The molecule has 0 unspecified atom stereocenters. The number of benzene rings is 1. The van der Waals surface area contributed by atoms with Crippen molar-refractivity contribution in [2.24, 2.45) is 0 Å². The minimum Gasteiger partial charge on any atom is -0.445 e. The van der Waals surface area contributed by atoms with Crippen LogP contribution in [-0.4, -0.2) is 71.6 Å². The Bertz CT molecular complexity index is 1550. The molecule has 1 aliphatic rings. The largest absolute Gasteiger partial charge is 0.445 e. The van der Waals surface area contributed by atoms with Crippen molar-refractivity contribution in [2.75, 3.05) is 26.2 Å². The molecule has 0 atom stereocenters. The molecule has 0 radical (unpaired) electrons. The number of fused-ring (bicyclic) bond motifs is 1. The molecule has 0 spiro atoms. The van der Waals surface area contributed by atoms with E-state index in [1.165, 1.54) is 6.33 Å². The highest BCUT2D eigenvalue weighted by atomic mass is 16.6. The van der Waals surface area contributed by atoms with Gasteiger partial charge in [-0.1, -0.05) is 36.4 Å². The van der Waals surface area contributed by atoms with Gasteiger partial charge >= 0.3 is 6.09 Å². The molecule has 1 aromatic carbocycles. The predicted molar refractivity (Wildman–Crippen MR) is 142 cm³/mol. The monoisotopic (exact) mass is 508 g/mol. The molecule has 10 heteroatoms. The first kappa shape index (κ1) is 23.8. The number of H-pyrrole nitrogens is 1. The third-order valence-corrected chi connectivity index (χ3v) is 6.65. The SMILES string of the molecule is Cc1cccc(-c2[nH]c(CN3CCN(C(=O)OCc4ccccc4)CC3)nc2-c2ccc3ncnn3c2)n1. The van der Waals surface area contributed by atoms with Crippen LogP contribution in [0.1, 0.15) is 17.1 Å². The second-order valence-electron chi connectivity index (χ2n) is 9.36. The minimum atomic E-state index is -0.273. The Morgan fingerprint density at radius 3 is 2.63 bits per heavy atom. The lowest BCUT2D eigenvalue weighted by molar-refractivity contribution is 0.0695. The van der Waals surface area contributed by atoms with E-state index in [2.05, 4.69) is 20.0 Å². The number of ether oxygens (including phenoxy) is 1. The van der Waals surface area contributed by atoms with E-state index in [-0.39, 0.29) is 12.7 Å². The standard InChI is InChI=1S/C28H28N8O2/c1-20-6-5-9-23(31-20)27-26(22-10-11-25-29-19-30-36(25)16-22)32-24(33-27)17-34-12-14-35(15-13-34)28(37)38-18-21-7-3-2-4-8-21/h2-11,16,19H,12-15,17-18H2,1H3,(H,32,33). The van der Waals surface area contributed by atoms with Gasteiger partial charge in [-0.15, -0.1) is 0 Å². The zero-order valence-electron chi connectivity index (χ0n) is 21.1. The third kappa shape index (κ3) is 5.12. The first-order valence-electron chi connectivity index (χ1n) is 12.6. The van der Waals surface area contributed by atoms with Gasteiger partial charge in [0.15, 0.2) is 5.65 Å². The summed E-state index contributed by atoms with van der Waals surface area (Å²) in [5, 5.41) is 4.27. The minimum absolute atomic E-state index is 0.273. The van der Waals surface area contributed by atoms with Crippen LogP contribution in [0.2, 0.25) is 0 Å². The number of imidazole rings is 1. The summed E-state index contributed by atoms with van der Waals surface area (Å²) < 4.78 is 7.25. The average molecular weight is 509 g/mol. The highest BCUT2D eigenvalue weighted by molar-refractivity contribution is 5.77. The molecule has 38 heavy (non-hydrogen) atoms. The Morgan fingerprint density at radius 1 is 0.974 bits per heavy atom. The number of aryl methyl sites for hydroxylation is 1. The van der Waals surface area contributed by atoms with E-state index in [9.17, 15) is 4.79 Å². The molecule has 0 bridgehead atoms. The highest BCUT2D eigenvalue weighted by Crippen LogP contribution is 2.30. The smallest absolute Gasteiger partial charge is 0.410 e. The number of rotatable bonds is 6. The number of pyridine rings is 2. The molecule has 192 valence electrons. The maximum Gasteiger partial charge on any atom is 0.410 e. The summed E-state index contributed by atoms with van der Waals surface area (Å²) in [6.45, 7) is 5.58. The van der Waals surface area contributed by atoms with Crippen LogP contribution in [0, 0.1) is 6.92 Å². The van der Waals surface area contributed by atoms with Crippen molar-refractivity contribution < 1.29 is 9.53 Å². The van der Waals surface area contributed by atoms with Gasteiger partial charge < -0.3 is 14.6 Å². The van der Waals surface area contributed by atoms with Crippen LogP contribution in [0.25, 0.3) is 28.3 Å². The number of carbonyl (C=O) groups excluding carboxylic acids is 1. The fourth-order valence-electron chi connectivity index (χ4n) is 4.64. The van der Waals surface area contributed by atoms with E-state index in [4.69, 9.17) is 14.7 Å². The summed E-state index contributed by atoms with van der Waals surface area (Å²) >= 11 is 0. The van der Waals surface area contributed by atoms with Crippen molar-refractivity contribution in [3.05, 3.63) is 90.3 Å². The van der Waals surface area contributed by atoms with Crippen LogP contribution in [0.3, 0.4) is 0 Å². The van der Waals surface area contributed by atoms with Crippen LogP contribution < -0.4 is 0 Å². The van der Waals surface area contributed by atoms with Gasteiger partial charge in [-0.05, 0) is 36.8 Å². The third-order valence-electron chi connectivity index (χ3n) is 6.65. The van der Waals surface area contributed by atoms with Gasteiger partial charge in [0, 0.05) is 43.6 Å². The van der Waals surface area contributed by atoms with Gasteiger partial charge in [-0.2, -0.15) is 5.10 Å². The second-order valence-corrected chi connectivity index (χ2v) is 9.36. The van der Waals surface area contributed by atoms with E-state index < -0.39 is 0 Å². The quantitative estimate of drug-likeness (QED) is 0.370. The van der Waals surface area contributed by atoms with Gasteiger partial charge in [-0.25, -0.2) is 19.3 Å². The van der Waals surface area contributed by atoms with Crippen LogP contribution in [-0.2, 0) is 17.9 Å². The van der Waals surface area contributed by atoms with Crippen LogP contribution >= 0.6 is 0 Å². The zero-order valence-corrected chi connectivity index (χ0v) is 21.1. The highest BCUT2D eigenvalue weighted by Gasteiger charge is 2.24. The lowest BCUT2D eigenvalue weighted by Crippen LogP contribution is -2.48. The van der Waals surface area contributed by atoms with Crippen molar-refractivity contribution in [3.63, 3.8) is 0 Å². The van der Waals surface area contributed by atoms with E-state index in [1.807, 2.05) is 73.8 Å². The molecule has 1 N–H and O–H groups in total. The first-order chi connectivity index (χ1) is 18.6. The molecule has 5 aromatic rings. The number of hydrogen-bond donors (Lipinski definition) is 1. The molecule has 0 aliphatic carbocycles. The summed E-state index contributed by atoms with van der Waals surface area (Å²) in [5.41, 5.74) is 6.14. The predicted octanol–water partition coefficient (Wildman–Crippen LogP) is 3.94. The molecule has 1 aliphatic heterocycles. The Hall–Kier alpha value is -4.57. The van der Waals surface area contributed by atoms with Crippen molar-refractivity contribution in [2.45, 2.75) is 20.1 Å². The molecule has 5 heterocycles. The van der Waals surface area contributed by atoms with E-state index >= 15 is 0 Å². The van der Waals surface area contributed by atoms with Crippen LogP contribution in [0.4, 0.5) is 4.79 Å². The molecular formula is C28H28N8O2. The Kier molecular flexibility index (Phi) is 6.53. The topological polar surface area (TPSA) is 105 Å². The molecule has 1 saturated heterocycles. The summed E-state index contributed by atoms with van der Waals surface area (Å²) in [6, 6.07) is 19.6. The molecule has 4 aromatic heterocycles. The van der Waals surface area contributed by atoms with Crippen molar-refractivity contribution >= 4 is 11.7 Å². The molecule has 10 nitrogen and oxygen atoms in total. The van der Waals surface area contributed by atoms with E-state index in [0.717, 1.165) is 58.5 Å². The van der Waals surface area contributed by atoms with Crippen molar-refractivity contribution in [1.29, 1.82) is 0 Å². The van der Waals surface area contributed by atoms with Gasteiger partial charge in [0.05, 0.1) is 23.6 Å². The van der Waals surface area contributed by atoms with Gasteiger partial charge in [-0.3, -0.25) is 9.88 Å². The molecule has 6 rings (SSSR count). The number of nitrogens with one attached hydrogen (secondary N) is 1. The lowest BCUT2D eigenvalue weighted by atomic mass is 10.1. The summed E-state index contributed by atoms with van der Waals surface area (Å²) in [4.78, 5) is 34.1. The van der Waals surface area contributed by atoms with Crippen LogP contribution in [0.15, 0.2) is 73.2 Å². The number of amides is 1. The summed E-state index contributed by atoms with van der Waals surface area (Å²) in [7, 11) is 0. The number of nitrogens with zero attached hydrogens (tertiary/aromatic N) is 7. The molecule has 1 fully saturated rings.